The SMILES string of the molecule is CCOC(=O)[C@H](Cc1ccccc1)NC(=O)C#Cc1ccccc1. The van der Waals surface area contributed by atoms with Crippen LogP contribution in [0.2, 0.25) is 0 Å². The molecule has 122 valence electrons. The van der Waals surface area contributed by atoms with Crippen LogP contribution < -0.4 is 5.32 Å². The molecule has 1 N–H and O–H groups in total. The maximum Gasteiger partial charge on any atom is 0.328 e. The van der Waals surface area contributed by atoms with Crippen molar-refractivity contribution in [1.82, 2.24) is 5.32 Å². The average Bonchev–Trinajstić information content (AvgIpc) is 2.61. The Morgan fingerprint density at radius 1 is 1.04 bits per heavy atom. The van der Waals surface area contributed by atoms with Crippen LogP contribution in [0.15, 0.2) is 60.7 Å². The second-order valence-corrected chi connectivity index (χ2v) is 5.08. The van der Waals surface area contributed by atoms with Gasteiger partial charge in [-0.05, 0) is 24.6 Å². The van der Waals surface area contributed by atoms with Crippen LogP contribution in [-0.4, -0.2) is 24.5 Å². The topological polar surface area (TPSA) is 55.4 Å². The van der Waals surface area contributed by atoms with E-state index in [0.717, 1.165) is 11.1 Å². The molecule has 24 heavy (non-hydrogen) atoms. The second-order valence-electron chi connectivity index (χ2n) is 5.08. The Labute approximate surface area is 141 Å². The number of carbonyl (C=O) groups excluding carboxylic acids is 2. The van der Waals surface area contributed by atoms with Gasteiger partial charge in [0.05, 0.1) is 6.61 Å². The van der Waals surface area contributed by atoms with Crippen LogP contribution in [-0.2, 0) is 20.7 Å². The molecule has 4 heteroatoms. The standard InChI is InChI=1S/C20H19NO3/c1-2-24-20(23)18(15-17-11-7-4-8-12-17)21-19(22)14-13-16-9-5-3-6-10-16/h3-12,18H,2,15H2,1H3,(H,21,22)/t18-/m0/s1. The number of hydrogen-bond acceptors (Lipinski definition) is 3. The molecule has 0 aliphatic carbocycles. The first-order valence-corrected chi connectivity index (χ1v) is 7.77. The highest BCUT2D eigenvalue weighted by Gasteiger charge is 2.21. The van der Waals surface area contributed by atoms with Crippen molar-refractivity contribution in [2.75, 3.05) is 6.61 Å². The van der Waals surface area contributed by atoms with Crippen molar-refractivity contribution in [2.24, 2.45) is 0 Å². The highest BCUT2D eigenvalue weighted by molar-refractivity contribution is 5.96. The first-order valence-electron chi connectivity index (χ1n) is 7.77. The van der Waals surface area contributed by atoms with Crippen LogP contribution in [0.3, 0.4) is 0 Å². The Balaban J connectivity index is 2.05. The number of nitrogens with one attached hydrogen (secondary N) is 1. The zero-order valence-corrected chi connectivity index (χ0v) is 13.5. The number of rotatable bonds is 5. The fourth-order valence-corrected chi connectivity index (χ4v) is 2.13. The quantitative estimate of drug-likeness (QED) is 0.679. The molecule has 2 aromatic rings. The van der Waals surface area contributed by atoms with Gasteiger partial charge in [0.2, 0.25) is 0 Å². The van der Waals surface area contributed by atoms with E-state index in [9.17, 15) is 9.59 Å². The predicted octanol–water partition coefficient (Wildman–Crippen LogP) is 2.33. The molecule has 2 rings (SSSR count). The molecule has 0 aliphatic heterocycles. The van der Waals surface area contributed by atoms with Crippen molar-refractivity contribution in [1.29, 1.82) is 0 Å². The van der Waals surface area contributed by atoms with Gasteiger partial charge in [-0.3, -0.25) is 4.79 Å². The lowest BCUT2D eigenvalue weighted by molar-refractivity contribution is -0.146. The maximum atomic E-state index is 12.1. The zero-order valence-electron chi connectivity index (χ0n) is 13.5. The number of amides is 1. The summed E-state index contributed by atoms with van der Waals surface area (Å²) in [6, 6.07) is 17.9. The van der Waals surface area contributed by atoms with E-state index in [0.29, 0.717) is 6.42 Å². The maximum absolute atomic E-state index is 12.1. The van der Waals surface area contributed by atoms with Crippen molar-refractivity contribution in [3.05, 3.63) is 71.8 Å². The third-order valence-corrected chi connectivity index (χ3v) is 3.25. The lowest BCUT2D eigenvalue weighted by Gasteiger charge is -2.15. The predicted molar refractivity (Wildman–Crippen MR) is 92.0 cm³/mol. The van der Waals surface area contributed by atoms with Crippen molar-refractivity contribution in [2.45, 2.75) is 19.4 Å². The van der Waals surface area contributed by atoms with Crippen molar-refractivity contribution < 1.29 is 14.3 Å². The molecule has 2 aromatic carbocycles. The van der Waals surface area contributed by atoms with Crippen LogP contribution in [0.1, 0.15) is 18.1 Å². The fourth-order valence-electron chi connectivity index (χ4n) is 2.13. The van der Waals surface area contributed by atoms with E-state index < -0.39 is 17.9 Å². The van der Waals surface area contributed by atoms with Gasteiger partial charge in [0.25, 0.3) is 5.91 Å². The smallest absolute Gasteiger partial charge is 0.328 e. The summed E-state index contributed by atoms with van der Waals surface area (Å²) in [6.07, 6.45) is 0.360. The highest BCUT2D eigenvalue weighted by Crippen LogP contribution is 2.05. The molecule has 4 nitrogen and oxygen atoms in total. The third kappa shape index (κ3) is 5.62. The molecule has 0 aliphatic rings. The number of esters is 1. The van der Waals surface area contributed by atoms with E-state index in [-0.39, 0.29) is 6.61 Å². The minimum Gasteiger partial charge on any atom is -0.464 e. The van der Waals surface area contributed by atoms with Crippen LogP contribution in [0.5, 0.6) is 0 Å². The van der Waals surface area contributed by atoms with Crippen LogP contribution in [0.4, 0.5) is 0 Å². The van der Waals surface area contributed by atoms with E-state index in [1.165, 1.54) is 0 Å². The van der Waals surface area contributed by atoms with Crippen LogP contribution >= 0.6 is 0 Å². The van der Waals surface area contributed by atoms with Gasteiger partial charge in [0.1, 0.15) is 6.04 Å². The highest BCUT2D eigenvalue weighted by atomic mass is 16.5. The summed E-state index contributed by atoms with van der Waals surface area (Å²) in [4.78, 5) is 24.1. The minimum atomic E-state index is -0.759. The van der Waals surface area contributed by atoms with Crippen molar-refractivity contribution in [3.8, 4) is 11.8 Å². The lowest BCUT2D eigenvalue weighted by atomic mass is 10.1. The summed E-state index contributed by atoms with van der Waals surface area (Å²) in [5.41, 5.74) is 1.68. The molecule has 1 amide bonds. The molecule has 0 saturated carbocycles. The van der Waals surface area contributed by atoms with Gasteiger partial charge in [-0.25, -0.2) is 4.79 Å². The normalized spacial score (nSPS) is 10.9. The summed E-state index contributed by atoms with van der Waals surface area (Å²) in [5.74, 6) is 4.31. The Morgan fingerprint density at radius 3 is 2.29 bits per heavy atom. The third-order valence-electron chi connectivity index (χ3n) is 3.25. The summed E-state index contributed by atoms with van der Waals surface area (Å²) >= 11 is 0. The minimum absolute atomic E-state index is 0.260. The number of carbonyl (C=O) groups is 2. The Bertz CT molecular complexity index is 730. The molecule has 1 atom stereocenters. The van der Waals surface area contributed by atoms with Gasteiger partial charge < -0.3 is 10.1 Å². The first-order chi connectivity index (χ1) is 11.7. The Morgan fingerprint density at radius 2 is 1.67 bits per heavy atom. The zero-order chi connectivity index (χ0) is 17.2. The summed E-state index contributed by atoms with van der Waals surface area (Å²) < 4.78 is 5.04. The molecule has 0 heterocycles. The molecule has 0 fully saturated rings. The van der Waals surface area contributed by atoms with E-state index >= 15 is 0 Å². The monoisotopic (exact) mass is 321 g/mol. The van der Waals surface area contributed by atoms with Gasteiger partial charge in [0, 0.05) is 17.9 Å². The van der Waals surface area contributed by atoms with Crippen molar-refractivity contribution >= 4 is 11.9 Å². The van der Waals surface area contributed by atoms with Gasteiger partial charge in [-0.15, -0.1) is 0 Å². The molecular weight excluding hydrogens is 302 g/mol. The number of hydrogen-bond donors (Lipinski definition) is 1. The van der Waals surface area contributed by atoms with Gasteiger partial charge >= 0.3 is 5.97 Å². The van der Waals surface area contributed by atoms with Gasteiger partial charge in [-0.1, -0.05) is 54.5 Å². The molecule has 0 saturated heterocycles. The molecule has 0 bridgehead atoms. The largest absolute Gasteiger partial charge is 0.464 e. The average molecular weight is 321 g/mol. The second kappa shape index (κ2) is 9.16. The van der Waals surface area contributed by atoms with Gasteiger partial charge in [-0.2, -0.15) is 0 Å². The molecule has 0 spiro atoms. The Kier molecular flexibility index (Phi) is 6.60. The summed E-state index contributed by atoms with van der Waals surface area (Å²) in [7, 11) is 0. The van der Waals surface area contributed by atoms with E-state index in [1.807, 2.05) is 60.7 Å². The Hall–Kier alpha value is -3.06. The molecule has 0 unspecified atom stereocenters. The molecule has 0 radical (unpaired) electrons. The molecular formula is C20H19NO3. The van der Waals surface area contributed by atoms with Crippen LogP contribution in [0, 0.1) is 11.8 Å². The van der Waals surface area contributed by atoms with Crippen molar-refractivity contribution in [3.63, 3.8) is 0 Å². The summed E-state index contributed by atoms with van der Waals surface area (Å²) in [5, 5.41) is 2.63. The number of ether oxygens (including phenoxy) is 1. The molecule has 0 aromatic heterocycles. The summed E-state index contributed by atoms with van der Waals surface area (Å²) in [6.45, 7) is 1.99. The van der Waals surface area contributed by atoms with Crippen LogP contribution in [0.25, 0.3) is 0 Å². The fraction of sp³-hybridized carbons (Fsp3) is 0.200. The van der Waals surface area contributed by atoms with E-state index in [2.05, 4.69) is 17.2 Å². The number of benzene rings is 2. The van der Waals surface area contributed by atoms with E-state index in [4.69, 9.17) is 4.74 Å². The van der Waals surface area contributed by atoms with Gasteiger partial charge in [0.15, 0.2) is 0 Å². The van der Waals surface area contributed by atoms with E-state index in [1.54, 1.807) is 6.92 Å². The lowest BCUT2D eigenvalue weighted by Crippen LogP contribution is -2.42. The first kappa shape index (κ1) is 17.3.